The normalized spacial score (nSPS) is 15.0. The summed E-state index contributed by atoms with van der Waals surface area (Å²) in [6, 6.07) is 0.715. The van der Waals surface area contributed by atoms with Crippen molar-refractivity contribution in [1.82, 2.24) is 20.4 Å². The maximum absolute atomic E-state index is 11.6. The van der Waals surface area contributed by atoms with Gasteiger partial charge in [0.1, 0.15) is 6.54 Å². The smallest absolute Gasteiger partial charge is 0.243 e. The summed E-state index contributed by atoms with van der Waals surface area (Å²) in [6.45, 7) is 6.45. The van der Waals surface area contributed by atoms with Gasteiger partial charge in [0, 0.05) is 53.4 Å². The molecule has 0 saturated heterocycles. The number of likely N-dealkylation sites (N-methyl/N-ethyl adjacent to an activating group) is 1. The fourth-order valence-corrected chi connectivity index (χ4v) is 2.07. The molecule has 0 spiro atoms. The van der Waals surface area contributed by atoms with Gasteiger partial charge in [0.25, 0.3) is 0 Å². The molecule has 1 rings (SSSR count). The summed E-state index contributed by atoms with van der Waals surface area (Å²) in [6.07, 6.45) is 2.57. The molecule has 0 unspecified atom stereocenters. The van der Waals surface area contributed by atoms with Crippen LogP contribution in [0.25, 0.3) is 0 Å². The zero-order valence-electron chi connectivity index (χ0n) is 14.4. The average Bonchev–Trinajstić information content (AvgIpc) is 3.32. The molecule has 0 aromatic rings. The third-order valence-corrected chi connectivity index (χ3v) is 3.55. The molecule has 1 aliphatic rings. The Balaban J connectivity index is 2.35. The summed E-state index contributed by atoms with van der Waals surface area (Å²) in [4.78, 5) is 19.9. The van der Waals surface area contributed by atoms with E-state index in [1.54, 1.807) is 26.1 Å². The molecule has 1 amide bonds. The van der Waals surface area contributed by atoms with Crippen LogP contribution in [0.3, 0.4) is 0 Å². The number of carbonyl (C=O) groups is 1. The van der Waals surface area contributed by atoms with Crippen molar-refractivity contribution in [2.45, 2.75) is 25.8 Å². The molecule has 7 nitrogen and oxygen atoms in total. The molecule has 2 N–H and O–H groups in total. The highest BCUT2D eigenvalue weighted by molar-refractivity contribution is 5.84. The lowest BCUT2D eigenvalue weighted by molar-refractivity contribution is -0.127. The van der Waals surface area contributed by atoms with Gasteiger partial charge in [-0.25, -0.2) is 4.99 Å². The highest BCUT2D eigenvalue weighted by Crippen LogP contribution is 2.25. The fraction of sp³-hybridized carbons (Fsp3) is 0.867. The second-order valence-electron chi connectivity index (χ2n) is 5.67. The maximum atomic E-state index is 11.6. The Hall–Kier alpha value is -1.34. The topological polar surface area (TPSA) is 69.2 Å². The Labute approximate surface area is 134 Å². The van der Waals surface area contributed by atoms with Crippen LogP contribution >= 0.6 is 0 Å². The second-order valence-corrected chi connectivity index (χ2v) is 5.67. The van der Waals surface area contributed by atoms with Gasteiger partial charge in [-0.3, -0.25) is 9.69 Å². The highest BCUT2D eigenvalue weighted by Gasteiger charge is 2.28. The minimum Gasteiger partial charge on any atom is -0.383 e. The summed E-state index contributed by atoms with van der Waals surface area (Å²) in [5.41, 5.74) is 0. The average molecular weight is 313 g/mol. The van der Waals surface area contributed by atoms with Gasteiger partial charge in [-0.05, 0) is 19.8 Å². The van der Waals surface area contributed by atoms with Gasteiger partial charge in [-0.1, -0.05) is 0 Å². The first-order valence-corrected chi connectivity index (χ1v) is 8.03. The second kappa shape index (κ2) is 10.4. The number of nitrogens with zero attached hydrogens (tertiary/aromatic N) is 3. The van der Waals surface area contributed by atoms with Crippen LogP contribution in [0, 0.1) is 0 Å². The van der Waals surface area contributed by atoms with E-state index in [-0.39, 0.29) is 12.5 Å². The molecule has 128 valence electrons. The van der Waals surface area contributed by atoms with Crippen molar-refractivity contribution in [2.24, 2.45) is 4.99 Å². The molecular weight excluding hydrogens is 282 g/mol. The number of carbonyl (C=O) groups excluding carboxylic acids is 1. The number of amides is 1. The quantitative estimate of drug-likeness (QED) is 0.430. The molecule has 0 radical (unpaired) electrons. The van der Waals surface area contributed by atoms with Crippen LogP contribution in [-0.2, 0) is 9.53 Å². The van der Waals surface area contributed by atoms with E-state index in [0.29, 0.717) is 12.0 Å². The first-order chi connectivity index (χ1) is 10.6. The summed E-state index contributed by atoms with van der Waals surface area (Å²) in [5, 5.41) is 6.45. The largest absolute Gasteiger partial charge is 0.383 e. The summed E-state index contributed by atoms with van der Waals surface area (Å²) < 4.78 is 5.16. The van der Waals surface area contributed by atoms with Gasteiger partial charge < -0.3 is 20.3 Å². The highest BCUT2D eigenvalue weighted by atomic mass is 16.5. The summed E-state index contributed by atoms with van der Waals surface area (Å²) in [7, 11) is 5.21. The molecule has 0 atom stereocenters. The Morgan fingerprint density at radius 1 is 1.27 bits per heavy atom. The lowest BCUT2D eigenvalue weighted by Crippen LogP contribution is -2.43. The predicted octanol–water partition coefficient (Wildman–Crippen LogP) is -0.259. The van der Waals surface area contributed by atoms with Crippen molar-refractivity contribution in [2.75, 3.05) is 60.5 Å². The number of hydrogen-bond acceptors (Lipinski definition) is 4. The van der Waals surface area contributed by atoms with E-state index in [9.17, 15) is 4.79 Å². The molecule has 0 bridgehead atoms. The molecule has 1 saturated carbocycles. The Morgan fingerprint density at radius 3 is 2.55 bits per heavy atom. The van der Waals surface area contributed by atoms with Crippen LogP contribution in [0.4, 0.5) is 0 Å². The van der Waals surface area contributed by atoms with E-state index in [4.69, 9.17) is 4.74 Å². The van der Waals surface area contributed by atoms with E-state index in [1.807, 2.05) is 6.92 Å². The van der Waals surface area contributed by atoms with Crippen molar-refractivity contribution in [3.8, 4) is 0 Å². The standard InChI is InChI=1S/C15H31N5O2/c1-5-16-15(18-12-14(21)19(2)3)17-8-9-20(10-11-22-4)13-6-7-13/h13H,5-12H2,1-4H3,(H2,16,17,18). The monoisotopic (exact) mass is 313 g/mol. The van der Waals surface area contributed by atoms with Crippen molar-refractivity contribution >= 4 is 11.9 Å². The zero-order valence-corrected chi connectivity index (χ0v) is 14.4. The molecule has 7 heteroatoms. The minimum atomic E-state index is -0.00287. The Kier molecular flexibility index (Phi) is 8.84. The number of guanidine groups is 1. The lowest BCUT2D eigenvalue weighted by Gasteiger charge is -2.22. The predicted molar refractivity (Wildman–Crippen MR) is 89.1 cm³/mol. The van der Waals surface area contributed by atoms with Crippen LogP contribution in [0.1, 0.15) is 19.8 Å². The van der Waals surface area contributed by atoms with E-state index in [1.165, 1.54) is 12.8 Å². The number of nitrogens with one attached hydrogen (secondary N) is 2. The summed E-state index contributed by atoms with van der Waals surface area (Å²) >= 11 is 0. The molecule has 22 heavy (non-hydrogen) atoms. The zero-order chi connectivity index (χ0) is 16.4. The number of methoxy groups -OCH3 is 1. The molecule has 0 aromatic heterocycles. The van der Waals surface area contributed by atoms with Gasteiger partial charge >= 0.3 is 0 Å². The minimum absolute atomic E-state index is 0.00287. The fourth-order valence-electron chi connectivity index (χ4n) is 2.07. The Morgan fingerprint density at radius 2 is 2.00 bits per heavy atom. The Bertz CT molecular complexity index is 356. The van der Waals surface area contributed by atoms with Crippen molar-refractivity contribution in [3.05, 3.63) is 0 Å². The van der Waals surface area contributed by atoms with Crippen molar-refractivity contribution in [1.29, 1.82) is 0 Å². The van der Waals surface area contributed by atoms with Gasteiger partial charge in [-0.15, -0.1) is 0 Å². The third-order valence-electron chi connectivity index (χ3n) is 3.55. The van der Waals surface area contributed by atoms with Gasteiger partial charge in [-0.2, -0.15) is 0 Å². The van der Waals surface area contributed by atoms with Crippen LogP contribution < -0.4 is 10.6 Å². The molecule has 1 fully saturated rings. The number of rotatable bonds is 10. The maximum Gasteiger partial charge on any atom is 0.243 e. The number of aliphatic imine (C=N–C) groups is 1. The van der Waals surface area contributed by atoms with E-state index in [0.717, 1.165) is 32.8 Å². The SMILES string of the molecule is CCNC(=NCC(=O)N(C)C)NCCN(CCOC)C1CC1. The lowest BCUT2D eigenvalue weighted by atomic mass is 10.4. The third kappa shape index (κ3) is 7.61. The molecule has 0 heterocycles. The number of ether oxygens (including phenoxy) is 1. The van der Waals surface area contributed by atoms with Crippen LogP contribution in [0.2, 0.25) is 0 Å². The van der Waals surface area contributed by atoms with E-state index in [2.05, 4.69) is 20.5 Å². The molecule has 0 aliphatic heterocycles. The van der Waals surface area contributed by atoms with Crippen LogP contribution in [0.5, 0.6) is 0 Å². The molecular formula is C15H31N5O2. The first-order valence-electron chi connectivity index (χ1n) is 8.03. The van der Waals surface area contributed by atoms with Crippen LogP contribution in [0.15, 0.2) is 4.99 Å². The first kappa shape index (κ1) is 18.7. The van der Waals surface area contributed by atoms with Gasteiger partial charge in [0.15, 0.2) is 5.96 Å². The van der Waals surface area contributed by atoms with Crippen molar-refractivity contribution < 1.29 is 9.53 Å². The number of hydrogen-bond donors (Lipinski definition) is 2. The molecule has 0 aromatic carbocycles. The van der Waals surface area contributed by atoms with Gasteiger partial charge in [0.05, 0.1) is 6.61 Å². The van der Waals surface area contributed by atoms with E-state index >= 15 is 0 Å². The van der Waals surface area contributed by atoms with Crippen molar-refractivity contribution in [3.63, 3.8) is 0 Å². The molecule has 1 aliphatic carbocycles. The van der Waals surface area contributed by atoms with Crippen LogP contribution in [-0.4, -0.2) is 88.2 Å². The van der Waals surface area contributed by atoms with Gasteiger partial charge in [0.2, 0.25) is 5.91 Å². The van der Waals surface area contributed by atoms with E-state index < -0.39 is 0 Å². The summed E-state index contributed by atoms with van der Waals surface area (Å²) in [5.74, 6) is 0.692.